The number of hydrogen-bond acceptors (Lipinski definition) is 4. The van der Waals surface area contributed by atoms with E-state index in [-0.39, 0.29) is 11.8 Å². The summed E-state index contributed by atoms with van der Waals surface area (Å²) in [4.78, 5) is 12.9. The number of fused-ring (bicyclic) bond motifs is 3. The van der Waals surface area contributed by atoms with Crippen molar-refractivity contribution in [2.45, 2.75) is 5.25 Å². The molecule has 19 heavy (non-hydrogen) atoms. The van der Waals surface area contributed by atoms with E-state index >= 15 is 0 Å². The highest BCUT2D eigenvalue weighted by Crippen LogP contribution is 2.52. The molecule has 0 spiro atoms. The molecule has 0 saturated heterocycles. The van der Waals surface area contributed by atoms with Crippen LogP contribution in [0, 0.1) is 0 Å². The molecule has 2 aliphatic rings. The second-order valence-electron chi connectivity index (χ2n) is 4.34. The van der Waals surface area contributed by atoms with Crippen molar-refractivity contribution in [2.24, 2.45) is 0 Å². The zero-order chi connectivity index (χ0) is 13.4. The standard InChI is InChI=1S/C14H13NO3S/c1-18-9-4-5-11-10(7-9)14-12(3-2-6-19-14)15(11)8-13(16)17/h2-7,14H,8H2,1H3,(H,16,17). The molecule has 5 heteroatoms. The fourth-order valence-electron chi connectivity index (χ4n) is 2.45. The first-order valence-corrected chi connectivity index (χ1v) is 6.84. The van der Waals surface area contributed by atoms with Crippen molar-refractivity contribution in [3.63, 3.8) is 0 Å². The average Bonchev–Trinajstić information content (AvgIpc) is 2.73. The molecule has 2 aliphatic heterocycles. The van der Waals surface area contributed by atoms with Crippen molar-refractivity contribution < 1.29 is 14.6 Å². The maximum Gasteiger partial charge on any atom is 0.323 e. The van der Waals surface area contributed by atoms with Crippen LogP contribution in [0.1, 0.15) is 10.8 Å². The molecule has 0 saturated carbocycles. The maximum atomic E-state index is 11.0. The minimum atomic E-state index is -0.831. The van der Waals surface area contributed by atoms with Crippen LogP contribution in [0.3, 0.4) is 0 Å². The van der Waals surface area contributed by atoms with E-state index in [2.05, 4.69) is 0 Å². The lowest BCUT2D eigenvalue weighted by Crippen LogP contribution is -2.26. The molecule has 1 aromatic rings. The van der Waals surface area contributed by atoms with E-state index < -0.39 is 5.97 Å². The van der Waals surface area contributed by atoms with Crippen molar-refractivity contribution in [3.8, 4) is 5.75 Å². The van der Waals surface area contributed by atoms with Gasteiger partial charge in [-0.25, -0.2) is 0 Å². The predicted molar refractivity (Wildman–Crippen MR) is 75.5 cm³/mol. The molecule has 3 rings (SSSR count). The number of rotatable bonds is 3. The van der Waals surface area contributed by atoms with Crippen LogP contribution in [-0.2, 0) is 4.79 Å². The first-order valence-electron chi connectivity index (χ1n) is 5.90. The third-order valence-corrected chi connectivity index (χ3v) is 4.32. The zero-order valence-corrected chi connectivity index (χ0v) is 11.2. The highest BCUT2D eigenvalue weighted by atomic mass is 32.2. The summed E-state index contributed by atoms with van der Waals surface area (Å²) < 4.78 is 5.25. The Bertz CT molecular complexity index is 594. The Morgan fingerprint density at radius 1 is 1.53 bits per heavy atom. The number of carbonyl (C=O) groups is 1. The van der Waals surface area contributed by atoms with E-state index in [1.165, 1.54) is 0 Å². The summed E-state index contributed by atoms with van der Waals surface area (Å²) in [5, 5.41) is 11.3. The lowest BCUT2D eigenvalue weighted by molar-refractivity contribution is -0.135. The summed E-state index contributed by atoms with van der Waals surface area (Å²) in [6.45, 7) is -0.0178. The van der Waals surface area contributed by atoms with Crippen LogP contribution < -0.4 is 9.64 Å². The van der Waals surface area contributed by atoms with E-state index in [9.17, 15) is 4.79 Å². The molecule has 0 fully saturated rings. The Hall–Kier alpha value is -1.88. The normalized spacial score (nSPS) is 19.7. The van der Waals surface area contributed by atoms with E-state index in [1.54, 1.807) is 18.9 Å². The summed E-state index contributed by atoms with van der Waals surface area (Å²) in [5.74, 6) is -0.0340. The van der Waals surface area contributed by atoms with Gasteiger partial charge in [-0.1, -0.05) is 6.08 Å². The second-order valence-corrected chi connectivity index (χ2v) is 5.36. The van der Waals surface area contributed by atoms with Gasteiger partial charge in [0.15, 0.2) is 0 Å². The number of carboxylic acids is 1. The smallest absolute Gasteiger partial charge is 0.323 e. The molecule has 98 valence electrons. The van der Waals surface area contributed by atoms with Gasteiger partial charge in [0.1, 0.15) is 12.3 Å². The molecular weight excluding hydrogens is 262 g/mol. The third-order valence-electron chi connectivity index (χ3n) is 3.24. The van der Waals surface area contributed by atoms with Gasteiger partial charge in [0.2, 0.25) is 0 Å². The minimum absolute atomic E-state index is 0.0178. The molecule has 4 nitrogen and oxygen atoms in total. The first kappa shape index (κ1) is 12.2. The molecule has 0 radical (unpaired) electrons. The van der Waals surface area contributed by atoms with Crippen molar-refractivity contribution >= 4 is 23.4 Å². The summed E-state index contributed by atoms with van der Waals surface area (Å²) >= 11 is 1.69. The van der Waals surface area contributed by atoms with Crippen molar-refractivity contribution in [1.29, 1.82) is 0 Å². The fraction of sp³-hybridized carbons (Fsp3) is 0.214. The highest BCUT2D eigenvalue weighted by molar-refractivity contribution is 8.02. The van der Waals surface area contributed by atoms with Gasteiger partial charge in [-0.3, -0.25) is 4.79 Å². The monoisotopic (exact) mass is 275 g/mol. The fourth-order valence-corrected chi connectivity index (χ4v) is 3.46. The first-order chi connectivity index (χ1) is 9.20. The van der Waals surface area contributed by atoms with Crippen molar-refractivity contribution in [3.05, 3.63) is 47.0 Å². The van der Waals surface area contributed by atoms with Gasteiger partial charge >= 0.3 is 5.97 Å². The number of allylic oxidation sites excluding steroid dienone is 2. The highest BCUT2D eigenvalue weighted by Gasteiger charge is 2.35. The van der Waals surface area contributed by atoms with Gasteiger partial charge in [-0.05, 0) is 35.2 Å². The van der Waals surface area contributed by atoms with Crippen LogP contribution >= 0.6 is 11.8 Å². The van der Waals surface area contributed by atoms with Gasteiger partial charge in [-0.15, -0.1) is 11.8 Å². The van der Waals surface area contributed by atoms with E-state index in [1.807, 2.05) is 40.7 Å². The van der Waals surface area contributed by atoms with Crippen LogP contribution in [-0.4, -0.2) is 24.7 Å². The average molecular weight is 275 g/mol. The molecule has 0 bridgehead atoms. The maximum absolute atomic E-state index is 11.0. The number of carboxylic acid groups (broad SMARTS) is 1. The Morgan fingerprint density at radius 3 is 3.11 bits per heavy atom. The number of ether oxygens (including phenoxy) is 1. The topological polar surface area (TPSA) is 49.8 Å². The molecular formula is C14H13NO3S. The Balaban J connectivity index is 2.09. The number of methoxy groups -OCH3 is 1. The van der Waals surface area contributed by atoms with Gasteiger partial charge in [0.25, 0.3) is 0 Å². The minimum Gasteiger partial charge on any atom is -0.497 e. The van der Waals surface area contributed by atoms with Crippen LogP contribution in [0.2, 0.25) is 0 Å². The number of benzene rings is 1. The number of thioether (sulfide) groups is 1. The SMILES string of the molecule is COc1ccc2c(c1)C1SC=CC=C1N2CC(=O)O. The van der Waals surface area contributed by atoms with Crippen molar-refractivity contribution in [2.75, 3.05) is 18.6 Å². The van der Waals surface area contributed by atoms with E-state index in [0.717, 1.165) is 22.7 Å². The summed E-state index contributed by atoms with van der Waals surface area (Å²) in [6, 6.07) is 5.78. The lowest BCUT2D eigenvalue weighted by Gasteiger charge is -2.21. The molecule has 1 aromatic carbocycles. The molecule has 1 unspecified atom stereocenters. The molecule has 2 heterocycles. The molecule has 0 amide bonds. The number of anilines is 1. The van der Waals surface area contributed by atoms with Crippen LogP contribution in [0.4, 0.5) is 5.69 Å². The number of aliphatic carboxylic acids is 1. The Kier molecular flexibility index (Phi) is 2.98. The van der Waals surface area contributed by atoms with Crippen LogP contribution in [0.25, 0.3) is 0 Å². The van der Waals surface area contributed by atoms with Crippen LogP contribution in [0.5, 0.6) is 5.75 Å². The molecule has 1 atom stereocenters. The summed E-state index contributed by atoms with van der Waals surface area (Å²) in [7, 11) is 1.64. The molecule has 1 N–H and O–H groups in total. The van der Waals surface area contributed by atoms with Crippen molar-refractivity contribution in [1.82, 2.24) is 0 Å². The quantitative estimate of drug-likeness (QED) is 0.919. The van der Waals surface area contributed by atoms with E-state index in [4.69, 9.17) is 9.84 Å². The number of hydrogen-bond donors (Lipinski definition) is 1. The van der Waals surface area contributed by atoms with Gasteiger partial charge < -0.3 is 14.7 Å². The summed E-state index contributed by atoms with van der Waals surface area (Å²) in [6.07, 6.45) is 3.94. The largest absolute Gasteiger partial charge is 0.497 e. The Morgan fingerprint density at radius 2 is 2.37 bits per heavy atom. The van der Waals surface area contributed by atoms with Gasteiger partial charge in [0, 0.05) is 11.4 Å². The second kappa shape index (κ2) is 4.66. The third kappa shape index (κ3) is 2.00. The lowest BCUT2D eigenvalue weighted by atomic mass is 10.1. The number of nitrogens with zero attached hydrogens (tertiary/aromatic N) is 1. The molecule has 0 aromatic heterocycles. The van der Waals surface area contributed by atoms with Crippen LogP contribution in [0.15, 0.2) is 41.5 Å². The predicted octanol–water partition coefficient (Wildman–Crippen LogP) is 2.79. The van der Waals surface area contributed by atoms with E-state index in [0.29, 0.717) is 0 Å². The van der Waals surface area contributed by atoms with Gasteiger partial charge in [-0.2, -0.15) is 0 Å². The molecule has 0 aliphatic carbocycles. The Labute approximate surface area is 115 Å². The zero-order valence-electron chi connectivity index (χ0n) is 10.4. The van der Waals surface area contributed by atoms with Gasteiger partial charge in [0.05, 0.1) is 12.4 Å². The summed E-state index contributed by atoms with van der Waals surface area (Å²) in [5.41, 5.74) is 3.09.